The van der Waals surface area contributed by atoms with Crippen LogP contribution in [-0.4, -0.2) is 31.0 Å². The van der Waals surface area contributed by atoms with Crippen LogP contribution in [0.5, 0.6) is 5.75 Å². The van der Waals surface area contributed by atoms with Crippen LogP contribution in [0.3, 0.4) is 0 Å². The van der Waals surface area contributed by atoms with Crippen LogP contribution in [0.2, 0.25) is 0 Å². The summed E-state index contributed by atoms with van der Waals surface area (Å²) in [5, 5.41) is 9.02. The van der Waals surface area contributed by atoms with Crippen LogP contribution in [0.25, 0.3) is 10.8 Å². The molecule has 2 aromatic carbocycles. The minimum Gasteiger partial charge on any atom is -0.744 e. The summed E-state index contributed by atoms with van der Waals surface area (Å²) in [7, 11) is -10.2. The van der Waals surface area contributed by atoms with E-state index in [1.54, 1.807) is 0 Å². The largest absolute Gasteiger partial charge is 1.00 e. The number of rotatable bonds is 2. The van der Waals surface area contributed by atoms with Crippen LogP contribution in [0.15, 0.2) is 34.1 Å². The monoisotopic (exact) mass is 340 g/mol. The molecular formula is C10H7NNaO7S2-. The average molecular weight is 340 g/mol. The molecule has 0 fully saturated rings. The van der Waals surface area contributed by atoms with E-state index in [4.69, 9.17) is 5.73 Å². The van der Waals surface area contributed by atoms with Gasteiger partial charge >= 0.3 is 29.6 Å². The Labute approximate surface area is 142 Å². The van der Waals surface area contributed by atoms with Gasteiger partial charge in [-0.1, -0.05) is 12.1 Å². The Morgan fingerprint density at radius 1 is 1.00 bits per heavy atom. The maximum absolute atomic E-state index is 11.2. The molecule has 0 aliphatic carbocycles. The van der Waals surface area contributed by atoms with Gasteiger partial charge in [0.1, 0.15) is 26.0 Å². The van der Waals surface area contributed by atoms with Crippen LogP contribution < -0.4 is 35.3 Å². The van der Waals surface area contributed by atoms with E-state index in [2.05, 4.69) is 0 Å². The first kappa shape index (κ1) is 18.2. The predicted molar refractivity (Wildman–Crippen MR) is 66.0 cm³/mol. The Bertz CT molecular complexity index is 922. The second-order valence-electron chi connectivity index (χ2n) is 3.89. The summed E-state index contributed by atoms with van der Waals surface area (Å²) in [6, 6.07) is 3.93. The second kappa shape index (κ2) is 5.72. The fraction of sp³-hybridized carbons (Fsp3) is 0. The third-order valence-electron chi connectivity index (χ3n) is 2.64. The second-order valence-corrected chi connectivity index (χ2v) is 6.59. The van der Waals surface area contributed by atoms with Gasteiger partial charge in [0.2, 0.25) is 0 Å². The number of hydrogen-bond acceptors (Lipinski definition) is 8. The van der Waals surface area contributed by atoms with Crippen molar-refractivity contribution in [3.05, 3.63) is 24.3 Å². The molecule has 0 aromatic heterocycles. The molecule has 0 heterocycles. The van der Waals surface area contributed by atoms with Crippen molar-refractivity contribution in [3.63, 3.8) is 0 Å². The van der Waals surface area contributed by atoms with E-state index < -0.39 is 41.5 Å². The van der Waals surface area contributed by atoms with Crippen molar-refractivity contribution in [2.45, 2.75) is 9.79 Å². The topological polar surface area (TPSA) is 161 Å². The van der Waals surface area contributed by atoms with E-state index in [-0.39, 0.29) is 40.3 Å². The molecule has 0 bridgehead atoms. The van der Waals surface area contributed by atoms with E-state index in [0.29, 0.717) is 6.07 Å². The SMILES string of the molecule is Nc1c(S(=O)(=O)[O-])cc(S(=O)(=O)[O-])c2cccc(O)c12.[Na+]. The zero-order valence-corrected chi connectivity index (χ0v) is 14.2. The molecule has 2 rings (SSSR count). The Morgan fingerprint density at radius 3 is 2.00 bits per heavy atom. The van der Waals surface area contributed by atoms with Gasteiger partial charge in [0.05, 0.1) is 15.5 Å². The smallest absolute Gasteiger partial charge is 0.744 e. The standard InChI is InChI=1S/C10H9NO7S2.Na/c11-10-8(20(16,17)18)4-7(19(13,14)15)5-2-1-3-6(12)9(5)10;/h1-4,12H,11H2,(H,13,14,15)(H,16,17,18);/q;+1/p-2. The number of hydrogen-bond donors (Lipinski definition) is 2. The number of anilines is 1. The summed E-state index contributed by atoms with van der Waals surface area (Å²) < 4.78 is 66.7. The third kappa shape index (κ3) is 3.31. The summed E-state index contributed by atoms with van der Waals surface area (Å²) >= 11 is 0. The summed E-state index contributed by atoms with van der Waals surface area (Å²) in [6.07, 6.45) is 0. The van der Waals surface area contributed by atoms with E-state index in [1.165, 1.54) is 6.07 Å². The van der Waals surface area contributed by atoms with Crippen LogP contribution in [0.4, 0.5) is 5.69 Å². The number of aromatic hydroxyl groups is 1. The van der Waals surface area contributed by atoms with Crippen LogP contribution >= 0.6 is 0 Å². The normalized spacial score (nSPS) is 12.1. The molecule has 21 heavy (non-hydrogen) atoms. The van der Waals surface area contributed by atoms with Gasteiger partial charge in [-0.2, -0.15) is 0 Å². The first-order valence-corrected chi connectivity index (χ1v) is 7.81. The van der Waals surface area contributed by atoms with Gasteiger partial charge in [0.25, 0.3) is 0 Å². The fourth-order valence-electron chi connectivity index (χ4n) is 1.84. The molecular weight excluding hydrogens is 333 g/mol. The van der Waals surface area contributed by atoms with Gasteiger partial charge in [0, 0.05) is 10.8 Å². The molecule has 0 amide bonds. The van der Waals surface area contributed by atoms with Crippen LogP contribution in [0, 0.1) is 0 Å². The van der Waals surface area contributed by atoms with Crippen molar-refractivity contribution in [2.75, 3.05) is 5.73 Å². The minimum absolute atomic E-state index is 0. The Balaban J connectivity index is 0.00000220. The quantitative estimate of drug-likeness (QED) is 0.331. The number of benzene rings is 2. The summed E-state index contributed by atoms with van der Waals surface area (Å²) in [6.45, 7) is 0. The number of nitrogens with two attached hydrogens (primary N) is 1. The van der Waals surface area contributed by atoms with Crippen molar-refractivity contribution in [1.29, 1.82) is 0 Å². The predicted octanol–water partition coefficient (Wildman–Crippen LogP) is -3.06. The van der Waals surface area contributed by atoms with E-state index in [1.807, 2.05) is 0 Å². The molecule has 0 atom stereocenters. The van der Waals surface area contributed by atoms with Gasteiger partial charge in [-0.05, 0) is 12.1 Å². The Morgan fingerprint density at radius 2 is 1.52 bits per heavy atom. The number of phenolic OH excluding ortho intramolecular Hbond substituents is 1. The van der Waals surface area contributed by atoms with Crippen molar-refractivity contribution in [3.8, 4) is 5.75 Å². The van der Waals surface area contributed by atoms with Gasteiger partial charge in [0.15, 0.2) is 0 Å². The van der Waals surface area contributed by atoms with Gasteiger partial charge in [-0.3, -0.25) is 0 Å². The van der Waals surface area contributed by atoms with E-state index >= 15 is 0 Å². The molecule has 108 valence electrons. The first-order chi connectivity index (χ1) is 9.03. The number of phenols is 1. The van der Waals surface area contributed by atoms with Crippen molar-refractivity contribution in [1.82, 2.24) is 0 Å². The average Bonchev–Trinajstić information content (AvgIpc) is 2.25. The van der Waals surface area contributed by atoms with Crippen LogP contribution in [0.1, 0.15) is 0 Å². The Hall–Kier alpha value is -0.880. The molecule has 8 nitrogen and oxygen atoms in total. The molecule has 0 aliphatic rings. The zero-order valence-electron chi connectivity index (χ0n) is 10.6. The number of nitrogen functional groups attached to an aromatic ring is 1. The van der Waals surface area contributed by atoms with Gasteiger partial charge < -0.3 is 19.9 Å². The molecule has 0 saturated carbocycles. The maximum atomic E-state index is 11.2. The molecule has 0 saturated heterocycles. The Kier molecular flexibility index (Phi) is 4.95. The summed E-state index contributed by atoms with van der Waals surface area (Å²) in [5.41, 5.74) is 4.87. The summed E-state index contributed by atoms with van der Waals surface area (Å²) in [5.74, 6) is -0.546. The van der Waals surface area contributed by atoms with E-state index in [9.17, 15) is 31.0 Å². The molecule has 3 N–H and O–H groups in total. The van der Waals surface area contributed by atoms with Crippen molar-refractivity contribution >= 4 is 36.7 Å². The molecule has 0 radical (unpaired) electrons. The molecule has 11 heteroatoms. The molecule has 2 aromatic rings. The summed E-state index contributed by atoms with van der Waals surface area (Å²) in [4.78, 5) is -2.01. The van der Waals surface area contributed by atoms with Crippen molar-refractivity contribution in [2.24, 2.45) is 0 Å². The van der Waals surface area contributed by atoms with Crippen LogP contribution in [-0.2, 0) is 20.2 Å². The van der Waals surface area contributed by atoms with E-state index in [0.717, 1.165) is 12.1 Å². The molecule has 0 unspecified atom stereocenters. The zero-order chi connectivity index (χ0) is 15.3. The minimum atomic E-state index is -5.11. The van der Waals surface area contributed by atoms with Gasteiger partial charge in [-0.15, -0.1) is 0 Å². The number of fused-ring (bicyclic) bond motifs is 1. The molecule has 0 spiro atoms. The maximum Gasteiger partial charge on any atom is 1.00 e. The third-order valence-corrected chi connectivity index (χ3v) is 4.40. The first-order valence-electron chi connectivity index (χ1n) is 4.99. The fourth-order valence-corrected chi connectivity index (χ4v) is 3.25. The van der Waals surface area contributed by atoms with Crippen molar-refractivity contribution < 1.29 is 60.6 Å². The molecule has 0 aliphatic heterocycles. The van der Waals surface area contributed by atoms with Gasteiger partial charge in [-0.25, -0.2) is 16.8 Å².